The van der Waals surface area contributed by atoms with Crippen molar-refractivity contribution in [3.63, 3.8) is 0 Å². The van der Waals surface area contributed by atoms with Crippen LogP contribution in [0.4, 0.5) is 22.0 Å². The van der Waals surface area contributed by atoms with Crippen molar-refractivity contribution in [3.8, 4) is 5.75 Å². The van der Waals surface area contributed by atoms with Crippen molar-refractivity contribution in [2.24, 2.45) is 16.6 Å². The first-order chi connectivity index (χ1) is 16.2. The van der Waals surface area contributed by atoms with E-state index in [1.807, 2.05) is 0 Å². The molecule has 35 heavy (non-hydrogen) atoms. The first kappa shape index (κ1) is 26.1. The van der Waals surface area contributed by atoms with Gasteiger partial charge in [-0.1, -0.05) is 13.0 Å². The van der Waals surface area contributed by atoms with Gasteiger partial charge in [0.05, 0.1) is 12.0 Å². The number of hydrogen-bond acceptors (Lipinski definition) is 5. The molecule has 2 aromatic rings. The third-order valence-electron chi connectivity index (χ3n) is 6.05. The Balaban J connectivity index is 2.19. The number of aromatic nitrogens is 1. The Labute approximate surface area is 195 Å². The molecule has 0 unspecified atom stereocenters. The minimum Gasteiger partial charge on any atom is -0.490 e. The Hall–Kier alpha value is -3.48. The van der Waals surface area contributed by atoms with E-state index in [1.165, 1.54) is 13.8 Å². The second-order valence-electron chi connectivity index (χ2n) is 8.10. The number of ether oxygens (including phenoxy) is 2. The quantitative estimate of drug-likeness (QED) is 0.481. The monoisotopic (exact) mass is 503 g/mol. The summed E-state index contributed by atoms with van der Waals surface area (Å²) in [6.45, 7) is 3.26. The minimum absolute atomic E-state index is 0.129. The van der Waals surface area contributed by atoms with E-state index < -0.39 is 64.6 Å². The Kier molecular flexibility index (Phi) is 6.93. The van der Waals surface area contributed by atoms with E-state index in [2.05, 4.69) is 4.99 Å². The highest BCUT2D eigenvalue weighted by atomic mass is 19.4. The van der Waals surface area contributed by atoms with Gasteiger partial charge < -0.3 is 20.4 Å². The van der Waals surface area contributed by atoms with Gasteiger partial charge in [0, 0.05) is 23.6 Å². The lowest BCUT2D eigenvalue weighted by Gasteiger charge is -2.32. The Morgan fingerprint density at radius 1 is 1.29 bits per heavy atom. The van der Waals surface area contributed by atoms with E-state index in [4.69, 9.17) is 15.2 Å². The first-order valence-electron chi connectivity index (χ1n) is 10.4. The second-order valence-corrected chi connectivity index (χ2v) is 8.10. The molecule has 1 aliphatic heterocycles. The van der Waals surface area contributed by atoms with Crippen LogP contribution in [0.1, 0.15) is 42.7 Å². The number of benzene rings is 1. The van der Waals surface area contributed by atoms with Crippen LogP contribution in [0.2, 0.25) is 0 Å². The molecule has 0 aliphatic carbocycles. The smallest absolute Gasteiger partial charge is 0.417 e. The number of primary amides is 1. The standard InChI is InChI=1S/C22H22F5N3O5/c1-4-34-17-12(5-6-13(23)16(17)24)15-10(2)21(3,22(25,26)27)35-18(15)20(32)29-11-7-8-30(33)14(9-11)19(28)31/h5-10,15,18,33H,4H2,1-3H3,(H2,28,31)/t10-,15-,18+,21-/m1/s1. The van der Waals surface area contributed by atoms with E-state index in [-0.39, 0.29) is 17.5 Å². The van der Waals surface area contributed by atoms with Crippen LogP contribution in [-0.2, 0) is 9.53 Å². The largest absolute Gasteiger partial charge is 0.490 e. The van der Waals surface area contributed by atoms with Crippen LogP contribution in [-0.4, -0.2) is 46.2 Å². The van der Waals surface area contributed by atoms with Gasteiger partial charge in [0.1, 0.15) is 11.8 Å². The third-order valence-corrected chi connectivity index (χ3v) is 6.05. The maximum atomic E-state index is 14.5. The van der Waals surface area contributed by atoms with Crippen molar-refractivity contribution in [2.45, 2.75) is 44.6 Å². The topological polar surface area (TPSA) is 116 Å². The number of rotatable bonds is 5. The molecule has 0 radical (unpaired) electrons. The zero-order valence-electron chi connectivity index (χ0n) is 18.8. The lowest BCUT2D eigenvalue weighted by Crippen LogP contribution is -2.47. The molecule has 8 nitrogen and oxygen atoms in total. The summed E-state index contributed by atoms with van der Waals surface area (Å²) < 4.78 is 81.3. The SMILES string of the molecule is CCOc1c([C@@H]2[C@@H](C(=O)N=c3ccn(O)c(C(N)=O)c3)O[C@@](C)(C(F)(F)F)[C@@H]2C)ccc(F)c1F. The third kappa shape index (κ3) is 4.59. The molecular formula is C22H22F5N3O5. The molecule has 0 bridgehead atoms. The van der Waals surface area contributed by atoms with Gasteiger partial charge >= 0.3 is 6.18 Å². The molecule has 4 atom stereocenters. The number of carbonyl (C=O) groups excluding carboxylic acids is 2. The highest BCUT2D eigenvalue weighted by Gasteiger charge is 2.65. The van der Waals surface area contributed by atoms with Gasteiger partial charge in [0.2, 0.25) is 5.82 Å². The molecule has 13 heteroatoms. The Morgan fingerprint density at radius 3 is 2.51 bits per heavy atom. The van der Waals surface area contributed by atoms with Crippen LogP contribution in [0.15, 0.2) is 35.5 Å². The zero-order chi connectivity index (χ0) is 26.3. The molecular weight excluding hydrogens is 481 g/mol. The molecule has 2 amide bonds. The fourth-order valence-electron chi connectivity index (χ4n) is 4.04. The van der Waals surface area contributed by atoms with Crippen LogP contribution in [0.25, 0.3) is 0 Å². The number of hydrogen-bond donors (Lipinski definition) is 2. The van der Waals surface area contributed by atoms with E-state index >= 15 is 0 Å². The van der Waals surface area contributed by atoms with Gasteiger partial charge in [0.25, 0.3) is 11.8 Å². The van der Waals surface area contributed by atoms with Gasteiger partial charge in [0.15, 0.2) is 17.2 Å². The molecule has 1 fully saturated rings. The lowest BCUT2D eigenvalue weighted by molar-refractivity contribution is -0.272. The molecule has 3 N–H and O–H groups in total. The first-order valence-corrected chi connectivity index (χ1v) is 10.4. The van der Waals surface area contributed by atoms with Gasteiger partial charge in [-0.25, -0.2) is 9.38 Å². The summed E-state index contributed by atoms with van der Waals surface area (Å²) in [4.78, 5) is 28.3. The van der Waals surface area contributed by atoms with Gasteiger partial charge in [-0.2, -0.15) is 22.3 Å². The van der Waals surface area contributed by atoms with E-state index in [1.54, 1.807) is 0 Å². The Morgan fingerprint density at radius 2 is 1.94 bits per heavy atom. The molecule has 1 aromatic heterocycles. The maximum Gasteiger partial charge on any atom is 0.417 e. The van der Waals surface area contributed by atoms with Crippen LogP contribution in [0.3, 0.4) is 0 Å². The predicted molar refractivity (Wildman–Crippen MR) is 109 cm³/mol. The van der Waals surface area contributed by atoms with Crippen LogP contribution >= 0.6 is 0 Å². The van der Waals surface area contributed by atoms with E-state index in [0.717, 1.165) is 37.4 Å². The average molecular weight is 503 g/mol. The molecule has 190 valence electrons. The average Bonchev–Trinajstić information content (AvgIpc) is 3.05. The Bertz CT molecular complexity index is 1230. The normalized spacial score (nSPS) is 25.0. The van der Waals surface area contributed by atoms with E-state index in [9.17, 15) is 36.7 Å². The lowest BCUT2D eigenvalue weighted by atomic mass is 9.77. The van der Waals surface area contributed by atoms with Crippen molar-refractivity contribution < 1.29 is 46.2 Å². The summed E-state index contributed by atoms with van der Waals surface area (Å²) in [6.07, 6.45) is -5.86. The van der Waals surface area contributed by atoms with Crippen molar-refractivity contribution in [1.82, 2.24) is 4.73 Å². The number of pyridine rings is 1. The molecule has 0 spiro atoms. The summed E-state index contributed by atoms with van der Waals surface area (Å²) in [5.41, 5.74) is 1.65. The highest BCUT2D eigenvalue weighted by molar-refractivity contribution is 5.91. The second kappa shape index (κ2) is 9.29. The number of nitrogens with zero attached hydrogens (tertiary/aromatic N) is 2. The highest BCUT2D eigenvalue weighted by Crippen LogP contribution is 2.55. The van der Waals surface area contributed by atoms with Crippen molar-refractivity contribution in [1.29, 1.82) is 0 Å². The fraction of sp³-hybridized carbons (Fsp3) is 0.409. The van der Waals surface area contributed by atoms with E-state index in [0.29, 0.717) is 4.73 Å². The fourth-order valence-corrected chi connectivity index (χ4v) is 4.04. The number of nitrogens with two attached hydrogens (primary N) is 1. The molecule has 2 heterocycles. The number of carbonyl (C=O) groups is 2. The van der Waals surface area contributed by atoms with Crippen LogP contribution < -0.4 is 15.8 Å². The van der Waals surface area contributed by atoms with Crippen molar-refractivity contribution >= 4 is 11.8 Å². The van der Waals surface area contributed by atoms with Crippen molar-refractivity contribution in [2.75, 3.05) is 6.61 Å². The zero-order valence-corrected chi connectivity index (χ0v) is 18.8. The summed E-state index contributed by atoms with van der Waals surface area (Å²) in [5.74, 6) is -8.46. The summed E-state index contributed by atoms with van der Waals surface area (Å²) in [6, 6.07) is 3.81. The summed E-state index contributed by atoms with van der Waals surface area (Å²) >= 11 is 0. The van der Waals surface area contributed by atoms with Gasteiger partial charge in [-0.3, -0.25) is 9.59 Å². The number of alkyl halides is 3. The molecule has 1 saturated heterocycles. The number of amides is 2. The molecule has 0 saturated carbocycles. The summed E-state index contributed by atoms with van der Waals surface area (Å²) in [7, 11) is 0. The number of halogens is 5. The van der Waals surface area contributed by atoms with Crippen LogP contribution in [0, 0.1) is 17.6 Å². The van der Waals surface area contributed by atoms with Gasteiger partial charge in [-0.15, -0.1) is 0 Å². The predicted octanol–water partition coefficient (Wildman–Crippen LogP) is 3.07. The molecule has 1 aliphatic rings. The minimum atomic E-state index is -4.93. The molecule has 3 rings (SSSR count). The summed E-state index contributed by atoms with van der Waals surface area (Å²) in [5, 5.41) is 9.42. The maximum absolute atomic E-state index is 14.5. The van der Waals surface area contributed by atoms with Crippen molar-refractivity contribution in [3.05, 3.63) is 58.7 Å². The van der Waals surface area contributed by atoms with Gasteiger partial charge in [-0.05, 0) is 32.0 Å². The van der Waals surface area contributed by atoms with Crippen LogP contribution in [0.5, 0.6) is 5.75 Å². The molecule has 1 aromatic carbocycles.